The molecule has 2 N–H and O–H groups in total. The Morgan fingerprint density at radius 1 is 1.41 bits per heavy atom. The number of carboxylic acids is 1. The lowest BCUT2D eigenvalue weighted by Crippen LogP contribution is -2.23. The van der Waals surface area contributed by atoms with Crippen molar-refractivity contribution in [3.63, 3.8) is 0 Å². The fraction of sp³-hybridized carbons (Fsp3) is 0.500. The van der Waals surface area contributed by atoms with Crippen LogP contribution >= 0.6 is 15.9 Å². The average Bonchev–Trinajstić information content (AvgIpc) is 2.32. The number of nitrogens with one attached hydrogen (secondary N) is 1. The molecule has 1 aliphatic carbocycles. The number of nitrogens with zero attached hydrogens (tertiary/aromatic N) is 1. The summed E-state index contributed by atoms with van der Waals surface area (Å²) in [6.45, 7) is 0. The topological polar surface area (TPSA) is 62.2 Å². The second-order valence-corrected chi connectivity index (χ2v) is 5.19. The van der Waals surface area contributed by atoms with Crippen molar-refractivity contribution in [1.82, 2.24) is 4.98 Å². The highest BCUT2D eigenvalue weighted by molar-refractivity contribution is 9.10. The number of hydrogen-bond acceptors (Lipinski definition) is 3. The summed E-state index contributed by atoms with van der Waals surface area (Å²) >= 11 is 3.19. The van der Waals surface area contributed by atoms with Crippen LogP contribution in [0.15, 0.2) is 16.7 Å². The summed E-state index contributed by atoms with van der Waals surface area (Å²) in [5, 5.41) is 12.3. The minimum Gasteiger partial charge on any atom is -0.478 e. The molecule has 1 fully saturated rings. The van der Waals surface area contributed by atoms with Gasteiger partial charge in [0.05, 0.1) is 10.0 Å². The molecule has 1 aromatic heterocycles. The van der Waals surface area contributed by atoms with E-state index < -0.39 is 5.97 Å². The van der Waals surface area contributed by atoms with Crippen LogP contribution in [0.3, 0.4) is 0 Å². The first-order valence-electron chi connectivity index (χ1n) is 5.82. The predicted molar refractivity (Wildman–Crippen MR) is 69.4 cm³/mol. The molecular weight excluding hydrogens is 284 g/mol. The van der Waals surface area contributed by atoms with Crippen LogP contribution in [0.1, 0.15) is 42.5 Å². The number of rotatable bonds is 3. The summed E-state index contributed by atoms with van der Waals surface area (Å²) in [5.41, 5.74) is 0.248. The lowest BCUT2D eigenvalue weighted by molar-refractivity contribution is 0.0696. The summed E-state index contributed by atoms with van der Waals surface area (Å²) in [7, 11) is 0. The van der Waals surface area contributed by atoms with E-state index in [1.54, 1.807) is 6.07 Å². The zero-order chi connectivity index (χ0) is 12.3. The van der Waals surface area contributed by atoms with Crippen LogP contribution in [0.2, 0.25) is 0 Å². The standard InChI is InChI=1S/C12H15BrN2O2/c13-10-7-14-11(6-9(10)12(16)17)15-8-4-2-1-3-5-8/h6-8H,1-5H2,(H,14,15)(H,16,17). The van der Waals surface area contributed by atoms with Gasteiger partial charge in [-0.3, -0.25) is 0 Å². The van der Waals surface area contributed by atoms with E-state index in [0.29, 0.717) is 16.3 Å². The molecule has 0 bridgehead atoms. The maximum atomic E-state index is 11.0. The van der Waals surface area contributed by atoms with E-state index in [1.165, 1.54) is 25.5 Å². The van der Waals surface area contributed by atoms with Crippen molar-refractivity contribution in [2.24, 2.45) is 0 Å². The van der Waals surface area contributed by atoms with E-state index in [9.17, 15) is 4.79 Å². The molecule has 0 aromatic carbocycles. The highest BCUT2D eigenvalue weighted by Crippen LogP contribution is 2.23. The Labute approximate surface area is 109 Å². The molecule has 17 heavy (non-hydrogen) atoms. The van der Waals surface area contributed by atoms with E-state index in [4.69, 9.17) is 5.11 Å². The third-order valence-corrected chi connectivity index (χ3v) is 3.67. The Balaban J connectivity index is 2.10. The molecule has 0 aliphatic heterocycles. The number of carbonyl (C=O) groups is 1. The zero-order valence-corrected chi connectivity index (χ0v) is 11.0. The quantitative estimate of drug-likeness (QED) is 0.899. The summed E-state index contributed by atoms with van der Waals surface area (Å²) in [5.74, 6) is -0.288. The molecule has 0 unspecified atom stereocenters. The molecule has 1 aromatic rings. The van der Waals surface area contributed by atoms with Crippen molar-refractivity contribution in [1.29, 1.82) is 0 Å². The van der Waals surface area contributed by atoms with Crippen LogP contribution in [0.25, 0.3) is 0 Å². The Morgan fingerprint density at radius 3 is 2.76 bits per heavy atom. The Morgan fingerprint density at radius 2 is 2.12 bits per heavy atom. The number of hydrogen-bond donors (Lipinski definition) is 2. The number of anilines is 1. The third-order valence-electron chi connectivity index (χ3n) is 3.04. The largest absolute Gasteiger partial charge is 0.478 e. The molecule has 4 nitrogen and oxygen atoms in total. The van der Waals surface area contributed by atoms with Gasteiger partial charge in [-0.1, -0.05) is 19.3 Å². The van der Waals surface area contributed by atoms with E-state index in [2.05, 4.69) is 26.2 Å². The number of aromatic carboxylic acids is 1. The van der Waals surface area contributed by atoms with Crippen LogP contribution in [0, 0.1) is 0 Å². The summed E-state index contributed by atoms with van der Waals surface area (Å²) in [4.78, 5) is 15.2. The van der Waals surface area contributed by atoms with Crippen LogP contribution in [0.4, 0.5) is 5.82 Å². The fourth-order valence-corrected chi connectivity index (χ4v) is 2.52. The monoisotopic (exact) mass is 298 g/mol. The van der Waals surface area contributed by atoms with Crippen LogP contribution in [-0.2, 0) is 0 Å². The van der Waals surface area contributed by atoms with Gasteiger partial charge >= 0.3 is 5.97 Å². The van der Waals surface area contributed by atoms with Gasteiger partial charge in [-0.15, -0.1) is 0 Å². The minimum atomic E-state index is -0.939. The molecule has 0 spiro atoms. The molecule has 0 amide bonds. The first-order valence-corrected chi connectivity index (χ1v) is 6.61. The molecule has 1 heterocycles. The Bertz CT molecular complexity index is 417. The smallest absolute Gasteiger partial charge is 0.337 e. The highest BCUT2D eigenvalue weighted by Gasteiger charge is 2.15. The summed E-state index contributed by atoms with van der Waals surface area (Å²) < 4.78 is 0.513. The first-order chi connectivity index (χ1) is 8.16. The lowest BCUT2D eigenvalue weighted by Gasteiger charge is -2.23. The molecule has 0 saturated heterocycles. The molecule has 2 rings (SSSR count). The van der Waals surface area contributed by atoms with Crippen LogP contribution < -0.4 is 5.32 Å². The van der Waals surface area contributed by atoms with E-state index in [0.717, 1.165) is 12.8 Å². The SMILES string of the molecule is O=C(O)c1cc(NC2CCCCC2)ncc1Br. The van der Waals surface area contributed by atoms with Gasteiger partial charge in [-0.05, 0) is 34.8 Å². The highest BCUT2D eigenvalue weighted by atomic mass is 79.9. The van der Waals surface area contributed by atoms with Crippen molar-refractivity contribution in [3.05, 3.63) is 22.3 Å². The molecule has 0 atom stereocenters. The van der Waals surface area contributed by atoms with Crippen molar-refractivity contribution >= 4 is 27.7 Å². The molecule has 0 radical (unpaired) electrons. The Kier molecular flexibility index (Phi) is 3.99. The number of carboxylic acid groups (broad SMARTS) is 1. The molecule has 5 heteroatoms. The molecule has 92 valence electrons. The zero-order valence-electron chi connectivity index (χ0n) is 9.45. The third kappa shape index (κ3) is 3.19. The number of halogens is 1. The van der Waals surface area contributed by atoms with Crippen molar-refractivity contribution in [2.45, 2.75) is 38.1 Å². The van der Waals surface area contributed by atoms with Gasteiger partial charge in [0.1, 0.15) is 5.82 Å². The summed E-state index contributed by atoms with van der Waals surface area (Å²) in [6, 6.07) is 2.01. The maximum absolute atomic E-state index is 11.0. The minimum absolute atomic E-state index is 0.248. The molecular formula is C12H15BrN2O2. The average molecular weight is 299 g/mol. The van der Waals surface area contributed by atoms with E-state index in [1.807, 2.05) is 0 Å². The second-order valence-electron chi connectivity index (χ2n) is 4.33. The summed E-state index contributed by atoms with van der Waals surface area (Å²) in [6.07, 6.45) is 7.58. The van der Waals surface area contributed by atoms with Crippen LogP contribution in [-0.4, -0.2) is 22.1 Å². The fourth-order valence-electron chi connectivity index (χ4n) is 2.14. The van der Waals surface area contributed by atoms with Crippen molar-refractivity contribution in [3.8, 4) is 0 Å². The van der Waals surface area contributed by atoms with Gasteiger partial charge < -0.3 is 10.4 Å². The predicted octanol–water partition coefficient (Wildman–Crippen LogP) is 3.29. The van der Waals surface area contributed by atoms with E-state index in [-0.39, 0.29) is 5.56 Å². The number of pyridine rings is 1. The van der Waals surface area contributed by atoms with Gasteiger partial charge in [0, 0.05) is 12.2 Å². The molecule has 1 saturated carbocycles. The lowest BCUT2D eigenvalue weighted by atomic mass is 9.95. The van der Waals surface area contributed by atoms with Crippen molar-refractivity contribution in [2.75, 3.05) is 5.32 Å². The molecule has 1 aliphatic rings. The van der Waals surface area contributed by atoms with Gasteiger partial charge in [0.15, 0.2) is 0 Å². The van der Waals surface area contributed by atoms with Crippen molar-refractivity contribution < 1.29 is 9.90 Å². The van der Waals surface area contributed by atoms with Gasteiger partial charge in [0.2, 0.25) is 0 Å². The first kappa shape index (κ1) is 12.4. The van der Waals surface area contributed by atoms with Gasteiger partial charge in [-0.25, -0.2) is 9.78 Å². The van der Waals surface area contributed by atoms with Crippen LogP contribution in [0.5, 0.6) is 0 Å². The Hall–Kier alpha value is -1.10. The normalized spacial score (nSPS) is 16.8. The second kappa shape index (κ2) is 5.49. The number of aromatic nitrogens is 1. The van der Waals surface area contributed by atoms with Gasteiger partial charge in [-0.2, -0.15) is 0 Å². The van der Waals surface area contributed by atoms with Gasteiger partial charge in [0.25, 0.3) is 0 Å². The van der Waals surface area contributed by atoms with E-state index >= 15 is 0 Å². The maximum Gasteiger partial charge on any atom is 0.337 e.